The molecule has 1 heterocycles. The Balaban J connectivity index is 0.00000392. The van der Waals surface area contributed by atoms with E-state index in [0.717, 1.165) is 18.4 Å². The van der Waals surface area contributed by atoms with E-state index in [1.165, 1.54) is 19.3 Å². The first-order chi connectivity index (χ1) is 12.9. The monoisotopic (exact) mass is 503 g/mol. The molecule has 1 aromatic heterocycles. The van der Waals surface area contributed by atoms with E-state index in [1.807, 2.05) is 39.1 Å². The summed E-state index contributed by atoms with van der Waals surface area (Å²) in [5.41, 5.74) is 0.774. The normalized spacial score (nSPS) is 15.4. The molecular formula is C20H34IN5O2. The van der Waals surface area contributed by atoms with Gasteiger partial charge in [-0.15, -0.1) is 24.0 Å². The van der Waals surface area contributed by atoms with E-state index in [0.29, 0.717) is 24.5 Å². The summed E-state index contributed by atoms with van der Waals surface area (Å²) in [7, 11) is 1.68. The van der Waals surface area contributed by atoms with Crippen LogP contribution in [0.15, 0.2) is 23.3 Å². The summed E-state index contributed by atoms with van der Waals surface area (Å²) >= 11 is 0. The molecule has 0 bridgehead atoms. The van der Waals surface area contributed by atoms with Crippen molar-refractivity contribution in [3.05, 3.63) is 23.9 Å². The van der Waals surface area contributed by atoms with Crippen LogP contribution in [0.2, 0.25) is 0 Å². The molecule has 8 heteroatoms. The molecule has 28 heavy (non-hydrogen) atoms. The van der Waals surface area contributed by atoms with E-state index in [2.05, 4.69) is 25.9 Å². The van der Waals surface area contributed by atoms with Crippen LogP contribution in [0.1, 0.15) is 58.4 Å². The maximum atomic E-state index is 11.9. The molecule has 2 rings (SSSR count). The third-order valence-electron chi connectivity index (χ3n) is 4.25. The average Bonchev–Trinajstić information content (AvgIpc) is 2.62. The van der Waals surface area contributed by atoms with Gasteiger partial charge in [-0.05, 0) is 52.0 Å². The smallest absolute Gasteiger partial charge is 0.239 e. The van der Waals surface area contributed by atoms with Crippen LogP contribution in [0.25, 0.3) is 0 Å². The molecule has 0 aliphatic heterocycles. The molecule has 7 nitrogen and oxygen atoms in total. The number of carbonyl (C=O) groups is 1. The molecule has 1 fully saturated rings. The third-order valence-corrected chi connectivity index (χ3v) is 4.25. The minimum atomic E-state index is -0.247. The standard InChI is InChI=1S/C20H33N5O2.HI/c1-20(2,3)25-17(26)14-24-19(21-4)23-13-15-10-11-18(22-12-15)27-16-8-6-5-7-9-16;/h10-12,16H,5-9,13-14H2,1-4H3,(H,25,26)(H2,21,23,24);1H. The summed E-state index contributed by atoms with van der Waals surface area (Å²) in [5.74, 6) is 1.19. The highest BCUT2D eigenvalue weighted by atomic mass is 127. The zero-order chi connectivity index (χ0) is 19.7. The van der Waals surface area contributed by atoms with Crippen molar-refractivity contribution in [2.75, 3.05) is 13.6 Å². The Kier molecular flexibility index (Phi) is 10.6. The Morgan fingerprint density at radius 1 is 1.21 bits per heavy atom. The van der Waals surface area contributed by atoms with Crippen molar-refractivity contribution in [2.45, 2.75) is 71.1 Å². The van der Waals surface area contributed by atoms with Crippen LogP contribution in [0.5, 0.6) is 5.88 Å². The van der Waals surface area contributed by atoms with Crippen LogP contribution in [-0.2, 0) is 11.3 Å². The third kappa shape index (κ3) is 9.57. The molecular weight excluding hydrogens is 469 g/mol. The molecule has 0 aromatic carbocycles. The number of guanidine groups is 1. The maximum Gasteiger partial charge on any atom is 0.239 e. The molecule has 1 aliphatic rings. The fourth-order valence-corrected chi connectivity index (χ4v) is 2.97. The van der Waals surface area contributed by atoms with Crippen LogP contribution >= 0.6 is 24.0 Å². The molecule has 1 amide bonds. The number of carbonyl (C=O) groups excluding carboxylic acids is 1. The summed E-state index contributed by atoms with van der Waals surface area (Å²) in [6.45, 7) is 6.59. The molecule has 158 valence electrons. The van der Waals surface area contributed by atoms with Crippen molar-refractivity contribution in [2.24, 2.45) is 4.99 Å². The number of nitrogens with zero attached hydrogens (tertiary/aromatic N) is 2. The number of halogens is 1. The highest BCUT2D eigenvalue weighted by Crippen LogP contribution is 2.22. The lowest BCUT2D eigenvalue weighted by atomic mass is 9.98. The molecule has 1 aliphatic carbocycles. The SMILES string of the molecule is CN=C(NCC(=O)NC(C)(C)C)NCc1ccc(OC2CCCCC2)nc1.I. The second-order valence-corrected chi connectivity index (χ2v) is 7.96. The number of amides is 1. The predicted octanol–water partition coefficient (Wildman–Crippen LogP) is 2.99. The van der Waals surface area contributed by atoms with Gasteiger partial charge in [0.05, 0.1) is 6.54 Å². The fraction of sp³-hybridized carbons (Fsp3) is 0.650. The van der Waals surface area contributed by atoms with Gasteiger partial charge >= 0.3 is 0 Å². The fourth-order valence-electron chi connectivity index (χ4n) is 2.97. The van der Waals surface area contributed by atoms with Gasteiger partial charge in [0, 0.05) is 31.4 Å². The molecule has 1 aromatic rings. The van der Waals surface area contributed by atoms with E-state index in [1.54, 1.807) is 7.05 Å². The van der Waals surface area contributed by atoms with Gasteiger partial charge in [-0.2, -0.15) is 0 Å². The first kappa shape index (κ1) is 24.5. The van der Waals surface area contributed by atoms with Crippen LogP contribution in [-0.4, -0.2) is 42.1 Å². The van der Waals surface area contributed by atoms with Crippen molar-refractivity contribution in [3.63, 3.8) is 0 Å². The molecule has 0 saturated heterocycles. The number of aliphatic imine (C=N–C) groups is 1. The number of hydrogen-bond acceptors (Lipinski definition) is 4. The lowest BCUT2D eigenvalue weighted by Gasteiger charge is -2.22. The Bertz CT molecular complexity index is 622. The lowest BCUT2D eigenvalue weighted by Crippen LogP contribution is -2.48. The van der Waals surface area contributed by atoms with Gasteiger partial charge in [-0.3, -0.25) is 9.79 Å². The first-order valence-corrected chi connectivity index (χ1v) is 9.73. The van der Waals surface area contributed by atoms with Crippen LogP contribution in [0, 0.1) is 0 Å². The van der Waals surface area contributed by atoms with Crippen molar-refractivity contribution in [1.29, 1.82) is 0 Å². The number of pyridine rings is 1. The van der Waals surface area contributed by atoms with Crippen LogP contribution < -0.4 is 20.7 Å². The maximum absolute atomic E-state index is 11.9. The van der Waals surface area contributed by atoms with Gasteiger partial charge in [0.1, 0.15) is 6.10 Å². The van der Waals surface area contributed by atoms with Crippen molar-refractivity contribution >= 4 is 35.8 Å². The van der Waals surface area contributed by atoms with E-state index in [4.69, 9.17) is 4.74 Å². The zero-order valence-electron chi connectivity index (χ0n) is 17.4. The second kappa shape index (κ2) is 12.1. The Hall–Kier alpha value is -1.58. The largest absolute Gasteiger partial charge is 0.474 e. The van der Waals surface area contributed by atoms with Crippen molar-refractivity contribution in [1.82, 2.24) is 20.9 Å². The highest BCUT2D eigenvalue weighted by molar-refractivity contribution is 14.0. The number of ether oxygens (including phenoxy) is 1. The molecule has 1 saturated carbocycles. The highest BCUT2D eigenvalue weighted by Gasteiger charge is 2.15. The van der Waals surface area contributed by atoms with Gasteiger partial charge < -0.3 is 20.7 Å². The van der Waals surface area contributed by atoms with Crippen LogP contribution in [0.3, 0.4) is 0 Å². The topological polar surface area (TPSA) is 87.6 Å². The molecule has 3 N–H and O–H groups in total. The Morgan fingerprint density at radius 3 is 2.50 bits per heavy atom. The first-order valence-electron chi connectivity index (χ1n) is 9.73. The Morgan fingerprint density at radius 2 is 1.93 bits per heavy atom. The zero-order valence-corrected chi connectivity index (χ0v) is 19.7. The lowest BCUT2D eigenvalue weighted by molar-refractivity contribution is -0.121. The van der Waals surface area contributed by atoms with E-state index in [-0.39, 0.29) is 42.0 Å². The Labute approximate surface area is 185 Å². The van der Waals surface area contributed by atoms with Gasteiger partial charge in [0.25, 0.3) is 0 Å². The van der Waals surface area contributed by atoms with Gasteiger partial charge in [0.15, 0.2) is 5.96 Å². The molecule has 0 atom stereocenters. The molecule has 0 spiro atoms. The van der Waals surface area contributed by atoms with Gasteiger partial charge in [0.2, 0.25) is 11.8 Å². The summed E-state index contributed by atoms with van der Waals surface area (Å²) in [6.07, 6.45) is 8.15. The summed E-state index contributed by atoms with van der Waals surface area (Å²) < 4.78 is 5.95. The minimum Gasteiger partial charge on any atom is -0.474 e. The quantitative estimate of drug-likeness (QED) is 0.316. The van der Waals surface area contributed by atoms with Crippen LogP contribution in [0.4, 0.5) is 0 Å². The summed E-state index contributed by atoms with van der Waals surface area (Å²) in [5, 5.41) is 9.10. The van der Waals surface area contributed by atoms with E-state index >= 15 is 0 Å². The van der Waals surface area contributed by atoms with E-state index < -0.39 is 0 Å². The average molecular weight is 503 g/mol. The van der Waals surface area contributed by atoms with Crippen molar-refractivity contribution < 1.29 is 9.53 Å². The summed E-state index contributed by atoms with van der Waals surface area (Å²) in [6, 6.07) is 3.91. The van der Waals surface area contributed by atoms with E-state index in [9.17, 15) is 4.79 Å². The van der Waals surface area contributed by atoms with Gasteiger partial charge in [-0.25, -0.2) is 4.98 Å². The minimum absolute atomic E-state index is 0. The molecule has 0 unspecified atom stereocenters. The predicted molar refractivity (Wildman–Crippen MR) is 123 cm³/mol. The number of nitrogens with one attached hydrogen (secondary N) is 3. The van der Waals surface area contributed by atoms with Gasteiger partial charge in [-0.1, -0.05) is 12.5 Å². The number of aromatic nitrogens is 1. The molecule has 0 radical (unpaired) electrons. The number of hydrogen-bond donors (Lipinski definition) is 3. The second-order valence-electron chi connectivity index (χ2n) is 7.96. The summed E-state index contributed by atoms with van der Waals surface area (Å²) in [4.78, 5) is 20.4. The van der Waals surface area contributed by atoms with Crippen molar-refractivity contribution in [3.8, 4) is 5.88 Å². The number of rotatable bonds is 6.